The number of nitrogens with zero attached hydrogens (tertiary/aromatic N) is 3. The highest BCUT2D eigenvalue weighted by Crippen LogP contribution is 2.44. The number of rotatable bonds is 6. The Bertz CT molecular complexity index is 1160. The van der Waals surface area contributed by atoms with Gasteiger partial charge in [0.05, 0.1) is 22.0 Å². The minimum Gasteiger partial charge on any atom is -0.376 e. The molecule has 0 aliphatic rings. The van der Waals surface area contributed by atoms with Gasteiger partial charge in [-0.1, -0.05) is 42.5 Å². The van der Waals surface area contributed by atoms with Crippen molar-refractivity contribution in [2.24, 2.45) is 5.14 Å². The van der Waals surface area contributed by atoms with Crippen molar-refractivity contribution < 1.29 is 8.42 Å². The molecule has 0 unspecified atom stereocenters. The van der Waals surface area contributed by atoms with Crippen molar-refractivity contribution in [2.75, 3.05) is 57.0 Å². The zero-order valence-corrected chi connectivity index (χ0v) is 19.7. The van der Waals surface area contributed by atoms with Gasteiger partial charge in [-0.15, -0.1) is 0 Å². The lowest BCUT2D eigenvalue weighted by Crippen LogP contribution is -2.21. The number of nitrogens with two attached hydrogens (primary N) is 1. The van der Waals surface area contributed by atoms with Crippen LogP contribution in [0.15, 0.2) is 65.6 Å². The fraction of sp³-hybridized carbons (Fsp3) is 0.250. The Labute approximate surface area is 185 Å². The van der Waals surface area contributed by atoms with Crippen molar-refractivity contribution >= 4 is 27.1 Å². The first kappa shape index (κ1) is 22.7. The van der Waals surface area contributed by atoms with Gasteiger partial charge in [0, 0.05) is 47.8 Å². The highest BCUT2D eigenvalue weighted by Gasteiger charge is 2.22. The van der Waals surface area contributed by atoms with Gasteiger partial charge in [-0.25, -0.2) is 13.6 Å². The van der Waals surface area contributed by atoms with Gasteiger partial charge in [0.25, 0.3) is 0 Å². The predicted molar refractivity (Wildman–Crippen MR) is 132 cm³/mol. The molecule has 6 nitrogen and oxygen atoms in total. The molecular formula is C24H30N4O2S. The zero-order valence-electron chi connectivity index (χ0n) is 18.9. The quantitative estimate of drug-likeness (QED) is 0.633. The van der Waals surface area contributed by atoms with Crippen LogP contribution in [0.25, 0.3) is 22.3 Å². The molecule has 7 heteroatoms. The number of hydrogen-bond acceptors (Lipinski definition) is 5. The van der Waals surface area contributed by atoms with E-state index in [4.69, 9.17) is 5.14 Å². The molecule has 31 heavy (non-hydrogen) atoms. The van der Waals surface area contributed by atoms with Crippen molar-refractivity contribution in [3.8, 4) is 22.3 Å². The summed E-state index contributed by atoms with van der Waals surface area (Å²) < 4.78 is 24.9. The van der Waals surface area contributed by atoms with E-state index in [0.717, 1.165) is 33.8 Å². The maximum Gasteiger partial charge on any atom is 0.238 e. The van der Waals surface area contributed by atoms with Gasteiger partial charge in [0.15, 0.2) is 0 Å². The van der Waals surface area contributed by atoms with Crippen LogP contribution < -0.4 is 19.8 Å². The Kier molecular flexibility index (Phi) is 6.29. The smallest absolute Gasteiger partial charge is 0.238 e. The molecule has 0 spiro atoms. The van der Waals surface area contributed by atoms with Crippen LogP contribution >= 0.6 is 0 Å². The van der Waals surface area contributed by atoms with Gasteiger partial charge < -0.3 is 14.7 Å². The Balaban J connectivity index is 2.44. The molecule has 0 heterocycles. The van der Waals surface area contributed by atoms with E-state index in [1.165, 1.54) is 0 Å². The van der Waals surface area contributed by atoms with Crippen molar-refractivity contribution in [1.82, 2.24) is 0 Å². The molecule has 0 fully saturated rings. The molecule has 3 aromatic carbocycles. The van der Waals surface area contributed by atoms with E-state index in [9.17, 15) is 8.42 Å². The second-order valence-electron chi connectivity index (χ2n) is 8.14. The molecular weight excluding hydrogens is 408 g/mol. The lowest BCUT2D eigenvalue weighted by Gasteiger charge is -2.30. The largest absolute Gasteiger partial charge is 0.376 e. The molecule has 0 saturated heterocycles. The summed E-state index contributed by atoms with van der Waals surface area (Å²) in [4.78, 5) is 6.34. The lowest BCUT2D eigenvalue weighted by atomic mass is 9.93. The number of anilines is 3. The van der Waals surface area contributed by atoms with Crippen LogP contribution in [0.1, 0.15) is 0 Å². The Morgan fingerprint density at radius 1 is 0.677 bits per heavy atom. The van der Waals surface area contributed by atoms with E-state index in [-0.39, 0.29) is 4.90 Å². The van der Waals surface area contributed by atoms with Crippen LogP contribution in [0.2, 0.25) is 0 Å². The molecule has 2 N–H and O–H groups in total. The van der Waals surface area contributed by atoms with E-state index in [1.54, 1.807) is 12.1 Å². The second-order valence-corrected chi connectivity index (χ2v) is 9.67. The topological polar surface area (TPSA) is 69.9 Å². The highest BCUT2D eigenvalue weighted by atomic mass is 32.2. The summed E-state index contributed by atoms with van der Waals surface area (Å²) in [7, 11) is 8.14. The van der Waals surface area contributed by atoms with Crippen LogP contribution in [0.3, 0.4) is 0 Å². The predicted octanol–water partition coefficient (Wildman–Crippen LogP) is 3.87. The summed E-state index contributed by atoms with van der Waals surface area (Å²) in [6, 6.07) is 18.9. The van der Waals surface area contributed by atoms with Crippen LogP contribution in [0, 0.1) is 0 Å². The molecule has 3 aromatic rings. The average molecular weight is 439 g/mol. The fourth-order valence-corrected chi connectivity index (χ4v) is 4.59. The van der Waals surface area contributed by atoms with Crippen molar-refractivity contribution in [2.45, 2.75) is 4.90 Å². The van der Waals surface area contributed by atoms with Gasteiger partial charge >= 0.3 is 0 Å². The Morgan fingerprint density at radius 2 is 1.23 bits per heavy atom. The SMILES string of the molecule is CN(C)c1cc(-c2cccc(S(N)(=O)=O)c2-c2ccccc2)cc(N(C)C)c1N(C)C. The van der Waals surface area contributed by atoms with Crippen LogP contribution in [0.4, 0.5) is 17.1 Å². The van der Waals surface area contributed by atoms with Crippen molar-refractivity contribution in [3.05, 3.63) is 60.7 Å². The second kappa shape index (κ2) is 8.61. The monoisotopic (exact) mass is 438 g/mol. The first-order valence-electron chi connectivity index (χ1n) is 9.94. The lowest BCUT2D eigenvalue weighted by molar-refractivity contribution is 0.598. The van der Waals surface area contributed by atoms with Crippen molar-refractivity contribution in [1.29, 1.82) is 0 Å². The summed E-state index contributed by atoms with van der Waals surface area (Å²) in [5.41, 5.74) is 6.30. The number of sulfonamides is 1. The van der Waals surface area contributed by atoms with Gasteiger partial charge in [0.2, 0.25) is 10.0 Å². The fourth-order valence-electron chi connectivity index (χ4n) is 3.81. The van der Waals surface area contributed by atoms with Crippen LogP contribution in [-0.4, -0.2) is 50.7 Å². The third kappa shape index (κ3) is 4.52. The number of primary sulfonamides is 1. The van der Waals surface area contributed by atoms with Crippen LogP contribution in [0.5, 0.6) is 0 Å². The van der Waals surface area contributed by atoms with E-state index in [2.05, 4.69) is 26.8 Å². The molecule has 0 aromatic heterocycles. The Hall–Kier alpha value is -3.03. The normalized spacial score (nSPS) is 11.3. The van der Waals surface area contributed by atoms with E-state index < -0.39 is 10.0 Å². The standard InChI is InChI=1S/C24H30N4O2S/c1-26(2)20-15-18(16-21(27(3)4)24(20)28(5)6)19-13-10-14-22(31(25,29)30)23(19)17-11-8-7-9-12-17/h7-16H,1-6H3,(H2,25,29,30). The third-order valence-corrected chi connectivity index (χ3v) is 6.14. The van der Waals surface area contributed by atoms with Crippen molar-refractivity contribution in [3.63, 3.8) is 0 Å². The first-order valence-corrected chi connectivity index (χ1v) is 11.5. The molecule has 164 valence electrons. The molecule has 0 aliphatic heterocycles. The number of hydrogen-bond donors (Lipinski definition) is 1. The highest BCUT2D eigenvalue weighted by molar-refractivity contribution is 7.89. The maximum absolute atomic E-state index is 12.5. The summed E-state index contributed by atoms with van der Waals surface area (Å²) in [5, 5.41) is 5.61. The van der Waals surface area contributed by atoms with Gasteiger partial charge in [-0.2, -0.15) is 0 Å². The van der Waals surface area contributed by atoms with Gasteiger partial charge in [0.1, 0.15) is 0 Å². The number of benzene rings is 3. The zero-order chi connectivity index (χ0) is 22.9. The van der Waals surface area contributed by atoms with Crippen LogP contribution in [-0.2, 0) is 10.0 Å². The third-order valence-electron chi connectivity index (χ3n) is 5.19. The minimum atomic E-state index is -3.92. The van der Waals surface area contributed by atoms with Gasteiger partial charge in [-0.3, -0.25) is 0 Å². The molecule has 0 amide bonds. The van der Waals surface area contributed by atoms with Gasteiger partial charge in [-0.05, 0) is 34.9 Å². The molecule has 0 radical (unpaired) electrons. The minimum absolute atomic E-state index is 0.116. The maximum atomic E-state index is 12.5. The molecule has 0 bridgehead atoms. The Morgan fingerprint density at radius 3 is 1.68 bits per heavy atom. The molecule has 0 aliphatic carbocycles. The average Bonchev–Trinajstić information content (AvgIpc) is 2.72. The summed E-state index contributed by atoms with van der Waals surface area (Å²) in [5.74, 6) is 0. The summed E-state index contributed by atoms with van der Waals surface area (Å²) in [6.07, 6.45) is 0. The summed E-state index contributed by atoms with van der Waals surface area (Å²) in [6.45, 7) is 0. The van der Waals surface area contributed by atoms with E-state index >= 15 is 0 Å². The van der Waals surface area contributed by atoms with E-state index in [1.807, 2.05) is 78.7 Å². The molecule has 3 rings (SSSR count). The molecule has 0 atom stereocenters. The first-order chi connectivity index (χ1) is 14.5. The summed E-state index contributed by atoms with van der Waals surface area (Å²) >= 11 is 0. The molecule has 0 saturated carbocycles. The van der Waals surface area contributed by atoms with E-state index in [0.29, 0.717) is 5.56 Å².